The van der Waals surface area contributed by atoms with E-state index >= 15 is 0 Å². The molecule has 6 rings (SSSR count). The SMILES string of the molecule is CN(c1ccc(Cl)cc1)c1cc[n+](Cc2cccc(-c3cccc(C[n+]4ccc(N(C)c5ccc(Cl)cc5)cc4)c3)c2)cc1.[Br-].[Br-]. The molecule has 0 N–H and O–H groups in total. The van der Waals surface area contributed by atoms with Crippen molar-refractivity contribution in [3.05, 3.63) is 167 Å². The second-order valence-corrected chi connectivity index (χ2v) is 11.8. The van der Waals surface area contributed by atoms with Crippen molar-refractivity contribution in [2.24, 2.45) is 0 Å². The van der Waals surface area contributed by atoms with Crippen LogP contribution in [-0.2, 0) is 13.1 Å². The molecule has 0 radical (unpaired) electrons. The van der Waals surface area contributed by atoms with Gasteiger partial charge in [-0.05, 0) is 71.8 Å². The largest absolute Gasteiger partial charge is 1.00 e. The maximum absolute atomic E-state index is 6.06. The molecule has 0 aliphatic carbocycles. The number of halogens is 4. The molecule has 0 unspecified atom stereocenters. The summed E-state index contributed by atoms with van der Waals surface area (Å²) in [4.78, 5) is 4.31. The molecule has 2 heterocycles. The Balaban J connectivity index is 0.00000240. The molecular formula is C38H34Br2Cl2N4. The lowest BCUT2D eigenvalue weighted by atomic mass is 10.0. The highest BCUT2D eigenvalue weighted by Crippen LogP contribution is 2.26. The fraction of sp³-hybridized carbons (Fsp3) is 0.105. The van der Waals surface area contributed by atoms with E-state index in [2.05, 4.69) is 131 Å². The van der Waals surface area contributed by atoms with Gasteiger partial charge in [0.2, 0.25) is 0 Å². The first-order valence-electron chi connectivity index (χ1n) is 14.6. The molecule has 0 saturated carbocycles. The van der Waals surface area contributed by atoms with E-state index in [1.807, 2.05) is 48.5 Å². The highest BCUT2D eigenvalue weighted by Gasteiger charge is 2.11. The lowest BCUT2D eigenvalue weighted by Crippen LogP contribution is -3.00. The van der Waals surface area contributed by atoms with Gasteiger partial charge in [0.05, 0.1) is 11.4 Å². The molecule has 0 saturated heterocycles. The topological polar surface area (TPSA) is 14.2 Å². The summed E-state index contributed by atoms with van der Waals surface area (Å²) in [5.41, 5.74) is 9.38. The van der Waals surface area contributed by atoms with Crippen molar-refractivity contribution in [1.82, 2.24) is 0 Å². The Morgan fingerprint density at radius 2 is 0.783 bits per heavy atom. The number of anilines is 4. The predicted molar refractivity (Wildman–Crippen MR) is 182 cm³/mol. The molecular weight excluding hydrogens is 743 g/mol. The summed E-state index contributed by atoms with van der Waals surface area (Å²) in [5, 5.41) is 1.48. The van der Waals surface area contributed by atoms with Crippen LogP contribution in [0.5, 0.6) is 0 Å². The van der Waals surface area contributed by atoms with Gasteiger partial charge in [-0.15, -0.1) is 0 Å². The molecule has 0 atom stereocenters. The van der Waals surface area contributed by atoms with Crippen LogP contribution >= 0.6 is 23.2 Å². The van der Waals surface area contributed by atoms with Crippen LogP contribution in [0.15, 0.2) is 146 Å². The molecule has 4 nitrogen and oxygen atoms in total. The second kappa shape index (κ2) is 16.2. The Hall–Kier alpha value is -3.68. The third-order valence-corrected chi connectivity index (χ3v) is 8.37. The van der Waals surface area contributed by atoms with Gasteiger partial charge in [-0.3, -0.25) is 0 Å². The minimum absolute atomic E-state index is 0. The van der Waals surface area contributed by atoms with Crippen molar-refractivity contribution < 1.29 is 43.1 Å². The number of hydrogen-bond acceptors (Lipinski definition) is 2. The molecule has 46 heavy (non-hydrogen) atoms. The first kappa shape index (κ1) is 35.2. The van der Waals surface area contributed by atoms with Crippen molar-refractivity contribution in [2.75, 3.05) is 23.9 Å². The van der Waals surface area contributed by atoms with Gasteiger partial charge < -0.3 is 43.8 Å². The number of benzene rings is 4. The van der Waals surface area contributed by atoms with Gasteiger partial charge in [-0.2, -0.15) is 0 Å². The summed E-state index contributed by atoms with van der Waals surface area (Å²) in [6, 6.07) is 41.9. The Bertz CT molecular complexity index is 1710. The third kappa shape index (κ3) is 8.77. The van der Waals surface area contributed by atoms with E-state index in [-0.39, 0.29) is 34.0 Å². The van der Waals surface area contributed by atoms with Crippen LogP contribution in [-0.4, -0.2) is 14.1 Å². The zero-order valence-corrected chi connectivity index (χ0v) is 30.3. The van der Waals surface area contributed by atoms with E-state index in [9.17, 15) is 0 Å². The standard InChI is InChI=1S/C38H34Cl2N4.2BrH/c1-41(35-13-9-33(39)10-14-35)37-17-21-43(22-18-37)27-29-5-3-7-31(25-29)32-8-4-6-30(26-32)28-44-23-19-38(20-24-44)42(2)36-15-11-34(40)12-16-36;;/h3-26H,27-28H2,1-2H3;2*1H/q+2;;/p-2. The summed E-state index contributed by atoms with van der Waals surface area (Å²) in [6.07, 6.45) is 8.52. The van der Waals surface area contributed by atoms with Crippen molar-refractivity contribution in [3.8, 4) is 11.1 Å². The van der Waals surface area contributed by atoms with Crippen molar-refractivity contribution in [2.45, 2.75) is 13.1 Å². The van der Waals surface area contributed by atoms with Crippen LogP contribution in [0.4, 0.5) is 22.7 Å². The van der Waals surface area contributed by atoms with Crippen LogP contribution in [0.2, 0.25) is 10.0 Å². The maximum atomic E-state index is 6.06. The molecule has 0 amide bonds. The van der Waals surface area contributed by atoms with E-state index in [0.717, 1.165) is 45.9 Å². The summed E-state index contributed by atoms with van der Waals surface area (Å²) in [5.74, 6) is 0. The number of nitrogens with zero attached hydrogens (tertiary/aromatic N) is 4. The fourth-order valence-corrected chi connectivity index (χ4v) is 5.56. The monoisotopic (exact) mass is 774 g/mol. The Labute approximate surface area is 302 Å². The van der Waals surface area contributed by atoms with Gasteiger partial charge in [-0.25, -0.2) is 9.13 Å². The Morgan fingerprint density at radius 1 is 0.457 bits per heavy atom. The van der Waals surface area contributed by atoms with Crippen LogP contribution in [0.1, 0.15) is 11.1 Å². The minimum Gasteiger partial charge on any atom is -1.00 e. The van der Waals surface area contributed by atoms with Gasteiger partial charge >= 0.3 is 0 Å². The molecule has 0 aliphatic heterocycles. The van der Waals surface area contributed by atoms with Crippen LogP contribution in [0.3, 0.4) is 0 Å². The second-order valence-electron chi connectivity index (χ2n) is 10.9. The van der Waals surface area contributed by atoms with E-state index in [0.29, 0.717) is 0 Å². The average molecular weight is 777 g/mol. The zero-order valence-electron chi connectivity index (χ0n) is 25.6. The van der Waals surface area contributed by atoms with Gasteiger partial charge in [0.1, 0.15) is 0 Å². The first-order chi connectivity index (χ1) is 21.4. The number of hydrogen-bond donors (Lipinski definition) is 0. The van der Waals surface area contributed by atoms with E-state index < -0.39 is 0 Å². The van der Waals surface area contributed by atoms with Crippen molar-refractivity contribution in [1.29, 1.82) is 0 Å². The van der Waals surface area contributed by atoms with Crippen LogP contribution in [0.25, 0.3) is 11.1 Å². The lowest BCUT2D eigenvalue weighted by molar-refractivity contribution is -0.688. The molecule has 0 fully saturated rings. The first-order valence-corrected chi connectivity index (χ1v) is 15.3. The smallest absolute Gasteiger partial charge is 0.173 e. The molecule has 8 heteroatoms. The summed E-state index contributed by atoms with van der Waals surface area (Å²) in [7, 11) is 4.13. The molecule has 0 spiro atoms. The van der Waals surface area contributed by atoms with Crippen LogP contribution < -0.4 is 52.9 Å². The Morgan fingerprint density at radius 3 is 1.13 bits per heavy atom. The summed E-state index contributed by atoms with van der Waals surface area (Å²) < 4.78 is 4.42. The minimum atomic E-state index is 0. The predicted octanol–water partition coefficient (Wildman–Crippen LogP) is 2.88. The molecule has 234 valence electrons. The average Bonchev–Trinajstić information content (AvgIpc) is 3.06. The number of aromatic nitrogens is 2. The quantitative estimate of drug-likeness (QED) is 0.210. The third-order valence-electron chi connectivity index (χ3n) is 7.87. The van der Waals surface area contributed by atoms with E-state index in [1.165, 1.54) is 22.3 Å². The fourth-order valence-electron chi connectivity index (χ4n) is 5.30. The zero-order chi connectivity index (χ0) is 30.5. The number of rotatable bonds is 9. The molecule has 0 aliphatic rings. The van der Waals surface area contributed by atoms with E-state index in [4.69, 9.17) is 23.2 Å². The maximum Gasteiger partial charge on any atom is 0.173 e. The van der Waals surface area contributed by atoms with Gasteiger partial charge in [-0.1, -0.05) is 59.6 Å². The number of pyridine rings is 2. The van der Waals surface area contributed by atoms with Gasteiger partial charge in [0.15, 0.2) is 37.9 Å². The molecule has 2 aromatic heterocycles. The molecule has 4 aromatic carbocycles. The summed E-state index contributed by atoms with van der Waals surface area (Å²) >= 11 is 12.1. The molecule has 0 bridgehead atoms. The van der Waals surface area contributed by atoms with E-state index in [1.54, 1.807) is 0 Å². The van der Waals surface area contributed by atoms with Crippen molar-refractivity contribution >= 4 is 46.0 Å². The highest BCUT2D eigenvalue weighted by atomic mass is 79.9. The molecule has 6 aromatic rings. The van der Waals surface area contributed by atoms with Crippen LogP contribution in [0, 0.1) is 0 Å². The van der Waals surface area contributed by atoms with Gasteiger partial charge in [0, 0.05) is 70.9 Å². The normalized spacial score (nSPS) is 10.4. The van der Waals surface area contributed by atoms with Crippen molar-refractivity contribution in [3.63, 3.8) is 0 Å². The highest BCUT2D eigenvalue weighted by molar-refractivity contribution is 6.30. The Kier molecular flexibility index (Phi) is 12.4. The summed E-state index contributed by atoms with van der Waals surface area (Å²) in [6.45, 7) is 1.59. The lowest BCUT2D eigenvalue weighted by Gasteiger charge is -2.18. The van der Waals surface area contributed by atoms with Gasteiger partial charge in [0.25, 0.3) is 0 Å².